The van der Waals surface area contributed by atoms with Crippen LogP contribution >= 0.6 is 11.3 Å². The molecule has 2 heterocycles. The van der Waals surface area contributed by atoms with E-state index in [2.05, 4.69) is 15.6 Å². The summed E-state index contributed by atoms with van der Waals surface area (Å²) in [6, 6.07) is 7.42. The van der Waals surface area contributed by atoms with Gasteiger partial charge in [0.05, 0.1) is 25.8 Å². The van der Waals surface area contributed by atoms with Gasteiger partial charge in [-0.2, -0.15) is 0 Å². The SMILES string of the molecule is CCOC(=O)N1CCN(C(=O)Nc2nc(CC(=O)NCCc3ccccc3OC)cs2)CC1. The number of anilines is 1. The summed E-state index contributed by atoms with van der Waals surface area (Å²) in [6.07, 6.45) is 0.442. The summed E-state index contributed by atoms with van der Waals surface area (Å²) >= 11 is 1.27. The Bertz CT molecular complexity index is 958. The minimum Gasteiger partial charge on any atom is -0.496 e. The average molecular weight is 476 g/mol. The van der Waals surface area contributed by atoms with Gasteiger partial charge in [-0.3, -0.25) is 10.1 Å². The summed E-state index contributed by atoms with van der Waals surface area (Å²) in [4.78, 5) is 44.1. The van der Waals surface area contributed by atoms with E-state index in [0.29, 0.717) is 56.6 Å². The van der Waals surface area contributed by atoms with Gasteiger partial charge in [-0.05, 0) is 25.0 Å². The van der Waals surface area contributed by atoms with E-state index in [9.17, 15) is 14.4 Å². The minimum atomic E-state index is -0.358. The Hall–Kier alpha value is -3.34. The van der Waals surface area contributed by atoms with Gasteiger partial charge in [0.15, 0.2) is 5.13 Å². The van der Waals surface area contributed by atoms with E-state index in [4.69, 9.17) is 9.47 Å². The molecule has 3 rings (SSSR count). The van der Waals surface area contributed by atoms with Crippen LogP contribution in [0.1, 0.15) is 18.2 Å². The third-order valence-corrected chi connectivity index (χ3v) is 5.92. The number of nitrogens with zero attached hydrogens (tertiary/aromatic N) is 3. The highest BCUT2D eigenvalue weighted by molar-refractivity contribution is 7.13. The van der Waals surface area contributed by atoms with Crippen LogP contribution in [0.15, 0.2) is 29.6 Å². The number of ether oxygens (including phenoxy) is 2. The molecule has 1 saturated heterocycles. The second kappa shape index (κ2) is 12.0. The lowest BCUT2D eigenvalue weighted by Gasteiger charge is -2.33. The average Bonchev–Trinajstić information content (AvgIpc) is 3.26. The molecule has 10 nitrogen and oxygen atoms in total. The number of para-hydroxylation sites is 1. The summed E-state index contributed by atoms with van der Waals surface area (Å²) in [7, 11) is 1.62. The number of aromatic nitrogens is 1. The molecule has 1 aliphatic rings. The summed E-state index contributed by atoms with van der Waals surface area (Å²) in [5, 5.41) is 7.85. The number of rotatable bonds is 8. The van der Waals surface area contributed by atoms with E-state index in [1.807, 2.05) is 24.3 Å². The third kappa shape index (κ3) is 7.07. The Kier molecular flexibility index (Phi) is 8.87. The molecule has 0 radical (unpaired) electrons. The zero-order valence-electron chi connectivity index (χ0n) is 18.8. The van der Waals surface area contributed by atoms with Crippen LogP contribution in [0.2, 0.25) is 0 Å². The highest BCUT2D eigenvalue weighted by Gasteiger charge is 2.25. The van der Waals surface area contributed by atoms with Crippen molar-refractivity contribution in [3.8, 4) is 5.75 Å². The number of amides is 4. The van der Waals surface area contributed by atoms with Crippen molar-refractivity contribution < 1.29 is 23.9 Å². The Labute approximate surface area is 196 Å². The Morgan fingerprint density at radius 2 is 1.85 bits per heavy atom. The van der Waals surface area contributed by atoms with Crippen molar-refractivity contribution in [3.63, 3.8) is 0 Å². The molecule has 1 fully saturated rings. The topological polar surface area (TPSA) is 113 Å². The molecular weight excluding hydrogens is 446 g/mol. The van der Waals surface area contributed by atoms with Gasteiger partial charge in [0.2, 0.25) is 5.91 Å². The van der Waals surface area contributed by atoms with Crippen molar-refractivity contribution in [3.05, 3.63) is 40.9 Å². The summed E-state index contributed by atoms with van der Waals surface area (Å²) in [5.41, 5.74) is 1.62. The number of methoxy groups -OCH3 is 1. The van der Waals surface area contributed by atoms with Gasteiger partial charge < -0.3 is 24.6 Å². The van der Waals surface area contributed by atoms with Crippen LogP contribution in [0.4, 0.5) is 14.7 Å². The smallest absolute Gasteiger partial charge is 0.409 e. The third-order valence-electron chi connectivity index (χ3n) is 5.11. The fraction of sp³-hybridized carbons (Fsp3) is 0.455. The monoisotopic (exact) mass is 475 g/mol. The predicted molar refractivity (Wildman–Crippen MR) is 125 cm³/mol. The van der Waals surface area contributed by atoms with E-state index in [1.165, 1.54) is 11.3 Å². The molecule has 2 N–H and O–H groups in total. The van der Waals surface area contributed by atoms with Gasteiger partial charge in [0.25, 0.3) is 0 Å². The first-order valence-electron chi connectivity index (χ1n) is 10.8. The Morgan fingerprint density at radius 3 is 2.58 bits per heavy atom. The first kappa shape index (κ1) is 24.3. The van der Waals surface area contributed by atoms with Crippen LogP contribution in [0, 0.1) is 0 Å². The van der Waals surface area contributed by atoms with Crippen molar-refractivity contribution >= 4 is 34.5 Å². The number of piperazine rings is 1. The summed E-state index contributed by atoms with van der Waals surface area (Å²) < 4.78 is 10.3. The van der Waals surface area contributed by atoms with Gasteiger partial charge in [0, 0.05) is 38.1 Å². The molecule has 11 heteroatoms. The summed E-state index contributed by atoms with van der Waals surface area (Å²) in [6.45, 7) is 4.25. The largest absolute Gasteiger partial charge is 0.496 e. The molecule has 1 aromatic heterocycles. The Balaban J connectivity index is 1.40. The molecule has 178 valence electrons. The highest BCUT2D eigenvalue weighted by atomic mass is 32.1. The van der Waals surface area contributed by atoms with Crippen molar-refractivity contribution in [2.75, 3.05) is 51.8 Å². The number of hydrogen-bond acceptors (Lipinski definition) is 7. The van der Waals surface area contributed by atoms with Crippen molar-refractivity contribution in [1.29, 1.82) is 0 Å². The molecule has 0 saturated carbocycles. The van der Waals surface area contributed by atoms with Crippen LogP contribution in [0.5, 0.6) is 5.75 Å². The van der Waals surface area contributed by atoms with Gasteiger partial charge in [0.1, 0.15) is 5.75 Å². The molecular formula is C22H29N5O5S. The zero-order valence-corrected chi connectivity index (χ0v) is 19.7. The molecule has 33 heavy (non-hydrogen) atoms. The molecule has 1 aliphatic heterocycles. The van der Waals surface area contributed by atoms with Crippen molar-refractivity contribution in [1.82, 2.24) is 20.1 Å². The standard InChI is InChI=1S/C22H29N5O5S/c1-3-32-22(30)27-12-10-26(11-13-27)21(29)25-20-24-17(15-33-20)14-19(28)23-9-8-16-6-4-5-7-18(16)31-2/h4-7,15H,3,8-14H2,1-2H3,(H,23,28)(H,24,25,29). The fourth-order valence-corrected chi connectivity index (χ4v) is 4.10. The molecule has 1 aromatic carbocycles. The van der Waals surface area contributed by atoms with Crippen LogP contribution in [0.25, 0.3) is 0 Å². The molecule has 2 aromatic rings. The lowest BCUT2D eigenvalue weighted by molar-refractivity contribution is -0.120. The number of urea groups is 1. The quantitative estimate of drug-likeness (QED) is 0.606. The van der Waals surface area contributed by atoms with Crippen LogP contribution < -0.4 is 15.4 Å². The molecule has 0 unspecified atom stereocenters. The van der Waals surface area contributed by atoms with E-state index in [-0.39, 0.29) is 24.5 Å². The first-order valence-corrected chi connectivity index (χ1v) is 11.7. The maximum Gasteiger partial charge on any atom is 0.409 e. The van der Waals surface area contributed by atoms with Crippen molar-refractivity contribution in [2.24, 2.45) is 0 Å². The van der Waals surface area contributed by atoms with E-state index in [0.717, 1.165) is 11.3 Å². The maximum absolute atomic E-state index is 12.5. The molecule has 0 bridgehead atoms. The molecule has 4 amide bonds. The number of nitrogens with one attached hydrogen (secondary N) is 2. The van der Waals surface area contributed by atoms with Crippen molar-refractivity contribution in [2.45, 2.75) is 19.8 Å². The second-order valence-corrected chi connectivity index (χ2v) is 8.19. The Morgan fingerprint density at radius 1 is 1.12 bits per heavy atom. The van der Waals surface area contributed by atoms with Gasteiger partial charge in [-0.1, -0.05) is 18.2 Å². The van der Waals surface area contributed by atoms with Crippen LogP contribution in [-0.4, -0.2) is 79.3 Å². The van der Waals surface area contributed by atoms with E-state index < -0.39 is 0 Å². The number of carbonyl (C=O) groups excluding carboxylic acids is 3. The lowest BCUT2D eigenvalue weighted by atomic mass is 10.1. The minimum absolute atomic E-state index is 0.135. The number of hydrogen-bond donors (Lipinski definition) is 2. The zero-order chi connectivity index (χ0) is 23.6. The van der Waals surface area contributed by atoms with Gasteiger partial charge in [-0.25, -0.2) is 14.6 Å². The fourth-order valence-electron chi connectivity index (χ4n) is 3.40. The van der Waals surface area contributed by atoms with Crippen LogP contribution in [-0.2, 0) is 22.4 Å². The van der Waals surface area contributed by atoms with E-state index in [1.54, 1.807) is 29.2 Å². The molecule has 0 aliphatic carbocycles. The highest BCUT2D eigenvalue weighted by Crippen LogP contribution is 2.18. The number of benzene rings is 1. The summed E-state index contributed by atoms with van der Waals surface area (Å²) in [5.74, 6) is 0.664. The predicted octanol–water partition coefficient (Wildman–Crippen LogP) is 2.36. The second-order valence-electron chi connectivity index (χ2n) is 7.34. The normalized spacial score (nSPS) is 13.4. The van der Waals surface area contributed by atoms with Gasteiger partial charge in [-0.15, -0.1) is 11.3 Å². The first-order chi connectivity index (χ1) is 16.0. The number of carbonyl (C=O) groups is 3. The van der Waals surface area contributed by atoms with Gasteiger partial charge >= 0.3 is 12.1 Å². The number of thiazole rings is 1. The van der Waals surface area contributed by atoms with E-state index >= 15 is 0 Å². The van der Waals surface area contributed by atoms with Crippen LogP contribution in [0.3, 0.4) is 0 Å². The molecule has 0 spiro atoms. The molecule has 0 atom stereocenters. The maximum atomic E-state index is 12.5. The lowest BCUT2D eigenvalue weighted by Crippen LogP contribution is -2.51.